The normalized spacial score (nSPS) is 11.3. The van der Waals surface area contributed by atoms with Crippen molar-refractivity contribution in [3.63, 3.8) is 0 Å². The van der Waals surface area contributed by atoms with Crippen LogP contribution in [0.15, 0.2) is 88.2 Å². The Hall–Kier alpha value is -3.99. The molecule has 0 unspecified atom stereocenters. The zero-order valence-corrected chi connectivity index (χ0v) is 17.4. The summed E-state index contributed by atoms with van der Waals surface area (Å²) in [6.07, 6.45) is 0. The number of hydrogen-bond acceptors (Lipinski definition) is 6. The fraction of sp³-hybridized carbons (Fsp3) is 0. The number of benzene rings is 3. The van der Waals surface area contributed by atoms with Crippen molar-refractivity contribution >= 4 is 21.7 Å². The predicted molar refractivity (Wildman–Crippen MR) is 118 cm³/mol. The van der Waals surface area contributed by atoms with Gasteiger partial charge in [0.1, 0.15) is 5.69 Å². The number of nitrogens with zero attached hydrogens (tertiary/aromatic N) is 2. The molecule has 1 aromatic heterocycles. The molecule has 0 aliphatic carbocycles. The number of nitrogens with two attached hydrogens (primary N) is 2. The fourth-order valence-electron chi connectivity index (χ4n) is 3.12. The van der Waals surface area contributed by atoms with Crippen LogP contribution in [-0.2, 0) is 10.0 Å². The summed E-state index contributed by atoms with van der Waals surface area (Å²) < 4.78 is 29.2. The molecule has 2 amide bonds. The van der Waals surface area contributed by atoms with Gasteiger partial charge in [-0.2, -0.15) is 5.06 Å². The third-order valence-corrected chi connectivity index (χ3v) is 5.60. The molecule has 9 nitrogen and oxygen atoms in total. The number of carbonyl (C=O) groups is 1. The molecule has 0 aliphatic rings. The van der Waals surface area contributed by atoms with E-state index in [1.807, 2.05) is 30.3 Å². The van der Waals surface area contributed by atoms with E-state index in [2.05, 4.69) is 4.98 Å². The highest BCUT2D eigenvalue weighted by Crippen LogP contribution is 2.36. The van der Waals surface area contributed by atoms with Crippen LogP contribution in [0.3, 0.4) is 0 Å². The summed E-state index contributed by atoms with van der Waals surface area (Å²) in [7, 11) is -3.83. The average Bonchev–Trinajstić information content (AvgIpc) is 3.24. The summed E-state index contributed by atoms with van der Waals surface area (Å²) in [4.78, 5) is 15.9. The first-order valence-corrected chi connectivity index (χ1v) is 10.9. The van der Waals surface area contributed by atoms with Crippen molar-refractivity contribution in [1.29, 1.82) is 0 Å². The zero-order chi connectivity index (χ0) is 22.9. The van der Waals surface area contributed by atoms with Crippen molar-refractivity contribution in [2.75, 3.05) is 5.06 Å². The number of anilines is 1. The summed E-state index contributed by atoms with van der Waals surface area (Å²) in [6, 6.07) is 20.5. The Kier molecular flexibility index (Phi) is 5.49. The van der Waals surface area contributed by atoms with E-state index in [0.717, 1.165) is 5.56 Å². The Morgan fingerprint density at radius 1 is 0.906 bits per heavy atom. The Morgan fingerprint density at radius 3 is 2.19 bits per heavy atom. The van der Waals surface area contributed by atoms with Gasteiger partial charge in [0.05, 0.1) is 10.6 Å². The smallest absolute Gasteiger partial charge is 0.343 e. The van der Waals surface area contributed by atoms with Gasteiger partial charge in [0.15, 0.2) is 5.76 Å². The second-order valence-corrected chi connectivity index (χ2v) is 8.39. The van der Waals surface area contributed by atoms with Gasteiger partial charge in [0.2, 0.25) is 15.9 Å². The molecule has 10 heteroatoms. The van der Waals surface area contributed by atoms with E-state index >= 15 is 0 Å². The number of hydroxylamine groups is 1. The van der Waals surface area contributed by atoms with Crippen LogP contribution >= 0.6 is 0 Å². The van der Waals surface area contributed by atoms with Crippen LogP contribution in [0.4, 0.5) is 10.5 Å². The van der Waals surface area contributed by atoms with Gasteiger partial charge in [-0.25, -0.2) is 23.3 Å². The Morgan fingerprint density at radius 2 is 1.56 bits per heavy atom. The summed E-state index contributed by atoms with van der Waals surface area (Å²) in [5, 5.41) is 15.3. The van der Waals surface area contributed by atoms with E-state index in [4.69, 9.17) is 15.3 Å². The number of aromatic nitrogens is 1. The highest BCUT2D eigenvalue weighted by molar-refractivity contribution is 7.89. The molecule has 4 rings (SSSR count). The number of sulfonamides is 1. The van der Waals surface area contributed by atoms with Crippen LogP contribution in [0.1, 0.15) is 0 Å². The molecule has 0 atom stereocenters. The summed E-state index contributed by atoms with van der Waals surface area (Å²) in [6.45, 7) is 0. The molecule has 0 fully saturated rings. The second-order valence-electron chi connectivity index (χ2n) is 6.83. The standard InChI is InChI=1S/C22H18N4O5S/c23-22(27)26(28)17-8-4-7-16(13-17)21-25-19(14-5-2-1-3-6-14)20(31-21)15-9-11-18(12-10-15)32(24,29)30/h1-13,28H,(H2,23,27)(H2,24,29,30). The molecule has 5 N–H and O–H groups in total. The summed E-state index contributed by atoms with van der Waals surface area (Å²) >= 11 is 0. The third-order valence-electron chi connectivity index (χ3n) is 4.67. The third kappa shape index (κ3) is 4.23. The number of carbonyl (C=O) groups excluding carboxylic acids is 1. The van der Waals surface area contributed by atoms with Gasteiger partial charge < -0.3 is 10.2 Å². The fourth-order valence-corrected chi connectivity index (χ4v) is 3.64. The summed E-state index contributed by atoms with van der Waals surface area (Å²) in [5.41, 5.74) is 7.67. The monoisotopic (exact) mass is 450 g/mol. The Balaban J connectivity index is 1.85. The maximum atomic E-state index is 11.6. The van der Waals surface area contributed by atoms with Crippen molar-refractivity contribution < 1.29 is 22.8 Å². The van der Waals surface area contributed by atoms with Gasteiger partial charge in [-0.15, -0.1) is 0 Å². The lowest BCUT2D eigenvalue weighted by Gasteiger charge is -2.12. The molecule has 0 radical (unpaired) electrons. The van der Waals surface area contributed by atoms with Gasteiger partial charge in [-0.3, -0.25) is 5.21 Å². The molecule has 162 valence electrons. The van der Waals surface area contributed by atoms with Crippen molar-refractivity contribution in [1.82, 2.24) is 4.98 Å². The van der Waals surface area contributed by atoms with Gasteiger partial charge in [-0.05, 0) is 42.5 Å². The van der Waals surface area contributed by atoms with E-state index in [1.54, 1.807) is 24.3 Å². The van der Waals surface area contributed by atoms with E-state index in [9.17, 15) is 18.4 Å². The quantitative estimate of drug-likeness (QED) is 0.312. The van der Waals surface area contributed by atoms with E-state index in [0.29, 0.717) is 27.6 Å². The number of oxazole rings is 1. The van der Waals surface area contributed by atoms with Gasteiger partial charge >= 0.3 is 6.03 Å². The van der Waals surface area contributed by atoms with Crippen molar-refractivity contribution in [2.45, 2.75) is 4.90 Å². The largest absolute Gasteiger partial charge is 0.435 e. The highest BCUT2D eigenvalue weighted by Gasteiger charge is 2.20. The molecular formula is C22H18N4O5S. The van der Waals surface area contributed by atoms with Crippen LogP contribution in [0.5, 0.6) is 0 Å². The number of rotatable bonds is 5. The Labute approximate surface area is 183 Å². The molecule has 0 bridgehead atoms. The molecular weight excluding hydrogens is 432 g/mol. The molecule has 0 saturated heterocycles. The first-order chi connectivity index (χ1) is 15.2. The molecule has 3 aromatic carbocycles. The molecule has 0 saturated carbocycles. The number of hydrogen-bond donors (Lipinski definition) is 3. The zero-order valence-electron chi connectivity index (χ0n) is 16.5. The van der Waals surface area contributed by atoms with Crippen molar-refractivity contribution in [3.8, 4) is 34.0 Å². The number of primary amides is 1. The maximum Gasteiger partial charge on any atom is 0.343 e. The first kappa shape index (κ1) is 21.2. The van der Waals surface area contributed by atoms with Crippen LogP contribution in [0.25, 0.3) is 34.0 Å². The van der Waals surface area contributed by atoms with Gasteiger partial charge in [0.25, 0.3) is 0 Å². The van der Waals surface area contributed by atoms with Crippen LogP contribution in [0.2, 0.25) is 0 Å². The summed E-state index contributed by atoms with van der Waals surface area (Å²) in [5.74, 6) is 0.641. The van der Waals surface area contributed by atoms with Crippen LogP contribution in [-0.4, -0.2) is 24.6 Å². The minimum atomic E-state index is -3.83. The molecule has 32 heavy (non-hydrogen) atoms. The maximum absolute atomic E-state index is 11.6. The molecule has 0 aliphatic heterocycles. The van der Waals surface area contributed by atoms with Crippen LogP contribution < -0.4 is 15.9 Å². The van der Waals surface area contributed by atoms with E-state index in [-0.39, 0.29) is 16.5 Å². The molecule has 4 aromatic rings. The van der Waals surface area contributed by atoms with Crippen molar-refractivity contribution in [2.24, 2.45) is 10.9 Å². The first-order valence-electron chi connectivity index (χ1n) is 9.32. The van der Waals surface area contributed by atoms with Gasteiger partial charge in [0, 0.05) is 16.7 Å². The lowest BCUT2D eigenvalue weighted by molar-refractivity contribution is 0.212. The minimum absolute atomic E-state index is 0.0237. The Bertz CT molecular complexity index is 1380. The number of amides is 2. The number of primary sulfonamides is 1. The van der Waals surface area contributed by atoms with E-state index in [1.165, 1.54) is 24.3 Å². The lowest BCUT2D eigenvalue weighted by Crippen LogP contribution is -2.32. The van der Waals surface area contributed by atoms with Gasteiger partial charge in [-0.1, -0.05) is 36.4 Å². The second kappa shape index (κ2) is 8.27. The van der Waals surface area contributed by atoms with Crippen LogP contribution in [0, 0.1) is 0 Å². The topological polar surface area (TPSA) is 153 Å². The SMILES string of the molecule is NC(=O)N(O)c1cccc(-c2nc(-c3ccccc3)c(-c3ccc(S(N)(=O)=O)cc3)o2)c1. The number of urea groups is 1. The minimum Gasteiger partial charge on any atom is -0.435 e. The van der Waals surface area contributed by atoms with E-state index < -0.39 is 16.1 Å². The average molecular weight is 450 g/mol. The lowest BCUT2D eigenvalue weighted by atomic mass is 10.1. The highest BCUT2D eigenvalue weighted by atomic mass is 32.2. The predicted octanol–water partition coefficient (Wildman–Crippen LogP) is 3.60. The molecule has 0 spiro atoms. The van der Waals surface area contributed by atoms with Crippen molar-refractivity contribution in [3.05, 3.63) is 78.9 Å². The molecule has 1 heterocycles.